The molecule has 0 spiro atoms. The van der Waals surface area contributed by atoms with Crippen LogP contribution in [0.5, 0.6) is 0 Å². The number of carbonyl (C=O) groups is 1. The van der Waals surface area contributed by atoms with Crippen molar-refractivity contribution in [2.45, 2.75) is 14.7 Å². The van der Waals surface area contributed by atoms with Crippen molar-refractivity contribution in [2.24, 2.45) is 0 Å². The lowest BCUT2D eigenvalue weighted by molar-refractivity contribution is 0.102. The fraction of sp³-hybridized carbons (Fsp3) is 0.0500. The fourth-order valence-electron chi connectivity index (χ4n) is 2.35. The summed E-state index contributed by atoms with van der Waals surface area (Å²) < 4.78 is 36.1. The minimum Gasteiger partial charge on any atom is -0.322 e. The zero-order chi connectivity index (χ0) is 20.3. The molecule has 0 atom stereocenters. The van der Waals surface area contributed by atoms with Crippen molar-refractivity contribution in [1.82, 2.24) is 0 Å². The van der Waals surface area contributed by atoms with Crippen LogP contribution in [0.3, 0.4) is 0 Å². The van der Waals surface area contributed by atoms with Gasteiger partial charge in [-0.25, -0.2) is 12.8 Å². The van der Waals surface area contributed by atoms with Gasteiger partial charge in [0, 0.05) is 21.7 Å². The van der Waals surface area contributed by atoms with E-state index in [1.54, 1.807) is 24.3 Å². The monoisotopic (exact) mass is 435 g/mol. The maximum absolute atomic E-state index is 13.0. The second kappa shape index (κ2) is 8.34. The first kappa shape index (κ1) is 20.4. The van der Waals surface area contributed by atoms with Crippen LogP contribution in [0.4, 0.5) is 10.1 Å². The minimum atomic E-state index is -3.40. The van der Waals surface area contributed by atoms with E-state index >= 15 is 0 Å². The van der Waals surface area contributed by atoms with E-state index in [1.807, 2.05) is 12.1 Å². The molecular weight excluding hydrogens is 421 g/mol. The van der Waals surface area contributed by atoms with Gasteiger partial charge in [-0.3, -0.25) is 4.79 Å². The third-order valence-electron chi connectivity index (χ3n) is 3.77. The zero-order valence-electron chi connectivity index (χ0n) is 14.6. The molecule has 0 unspecified atom stereocenters. The summed E-state index contributed by atoms with van der Waals surface area (Å²) in [5.41, 5.74) is 0.746. The number of benzene rings is 3. The molecule has 0 aliphatic carbocycles. The molecule has 8 heteroatoms. The van der Waals surface area contributed by atoms with Gasteiger partial charge in [0.25, 0.3) is 5.91 Å². The summed E-state index contributed by atoms with van der Waals surface area (Å²) in [6.07, 6.45) is 1.07. The van der Waals surface area contributed by atoms with Crippen LogP contribution in [0.1, 0.15) is 10.4 Å². The number of nitrogens with one attached hydrogen (secondary N) is 1. The number of hydrogen-bond donors (Lipinski definition) is 1. The number of anilines is 1. The molecule has 1 N–H and O–H groups in total. The number of sulfone groups is 1. The SMILES string of the molecule is CS(=O)(=O)c1ccc(C(=O)Nc2ccc(Sc3ccc(F)cc3)cc2)c(Cl)c1. The molecule has 1 amide bonds. The van der Waals surface area contributed by atoms with E-state index < -0.39 is 15.7 Å². The molecule has 0 aliphatic heterocycles. The molecule has 0 aromatic heterocycles. The summed E-state index contributed by atoms with van der Waals surface area (Å²) in [4.78, 5) is 14.3. The van der Waals surface area contributed by atoms with Crippen molar-refractivity contribution < 1.29 is 17.6 Å². The van der Waals surface area contributed by atoms with Gasteiger partial charge >= 0.3 is 0 Å². The van der Waals surface area contributed by atoms with Crippen molar-refractivity contribution >= 4 is 44.8 Å². The van der Waals surface area contributed by atoms with Crippen molar-refractivity contribution in [2.75, 3.05) is 11.6 Å². The Balaban J connectivity index is 1.70. The lowest BCUT2D eigenvalue weighted by atomic mass is 10.2. The molecule has 3 aromatic carbocycles. The summed E-state index contributed by atoms with van der Waals surface area (Å²) in [6, 6.07) is 17.3. The van der Waals surface area contributed by atoms with Gasteiger partial charge in [0.2, 0.25) is 0 Å². The van der Waals surface area contributed by atoms with Crippen LogP contribution in [-0.4, -0.2) is 20.6 Å². The number of rotatable bonds is 5. The van der Waals surface area contributed by atoms with Crippen LogP contribution in [-0.2, 0) is 9.84 Å². The number of carbonyl (C=O) groups excluding carboxylic acids is 1. The van der Waals surface area contributed by atoms with Crippen LogP contribution < -0.4 is 5.32 Å². The Labute approximate surface area is 171 Å². The first-order valence-electron chi connectivity index (χ1n) is 8.07. The molecule has 0 saturated carbocycles. The van der Waals surface area contributed by atoms with Gasteiger partial charge in [0.1, 0.15) is 5.82 Å². The van der Waals surface area contributed by atoms with E-state index in [0.29, 0.717) is 5.69 Å². The maximum atomic E-state index is 13.0. The third kappa shape index (κ3) is 5.13. The Morgan fingerprint density at radius 1 is 0.964 bits per heavy atom. The predicted molar refractivity (Wildman–Crippen MR) is 109 cm³/mol. The third-order valence-corrected chi connectivity index (χ3v) is 6.21. The maximum Gasteiger partial charge on any atom is 0.257 e. The molecule has 144 valence electrons. The molecule has 0 aliphatic rings. The van der Waals surface area contributed by atoms with E-state index in [2.05, 4.69) is 5.32 Å². The molecule has 0 bridgehead atoms. The highest BCUT2D eigenvalue weighted by Gasteiger charge is 2.15. The molecule has 3 rings (SSSR count). The molecule has 0 fully saturated rings. The molecule has 3 aromatic rings. The minimum absolute atomic E-state index is 0.0521. The van der Waals surface area contributed by atoms with E-state index in [0.717, 1.165) is 16.0 Å². The number of amides is 1. The van der Waals surface area contributed by atoms with Gasteiger partial charge in [0.15, 0.2) is 9.84 Å². The zero-order valence-corrected chi connectivity index (χ0v) is 17.0. The van der Waals surface area contributed by atoms with Crippen molar-refractivity contribution in [3.05, 3.63) is 83.1 Å². The standard InChI is InChI=1S/C20H15ClFNO3S2/c1-28(25,26)17-10-11-18(19(21)12-17)20(24)23-14-4-8-16(9-5-14)27-15-6-2-13(22)3-7-15/h2-12H,1H3,(H,23,24). The van der Waals surface area contributed by atoms with Crippen molar-refractivity contribution in [3.63, 3.8) is 0 Å². The predicted octanol–water partition coefficient (Wildman–Crippen LogP) is 5.29. The second-order valence-corrected chi connectivity index (χ2v) is 9.52. The first-order valence-corrected chi connectivity index (χ1v) is 11.2. The molecule has 0 heterocycles. The van der Waals surface area contributed by atoms with Gasteiger partial charge in [-0.2, -0.15) is 0 Å². The molecule has 4 nitrogen and oxygen atoms in total. The van der Waals surface area contributed by atoms with Gasteiger partial charge < -0.3 is 5.32 Å². The average molecular weight is 436 g/mol. The van der Waals surface area contributed by atoms with Gasteiger partial charge in [-0.05, 0) is 66.7 Å². The highest BCUT2D eigenvalue weighted by Crippen LogP contribution is 2.29. The summed E-state index contributed by atoms with van der Waals surface area (Å²) in [6.45, 7) is 0. The summed E-state index contributed by atoms with van der Waals surface area (Å²) in [5.74, 6) is -0.727. The molecular formula is C20H15ClFNO3S2. The Bertz CT molecular complexity index is 1120. The van der Waals surface area contributed by atoms with E-state index in [9.17, 15) is 17.6 Å². The van der Waals surface area contributed by atoms with Crippen molar-refractivity contribution in [1.29, 1.82) is 0 Å². The first-order chi connectivity index (χ1) is 13.2. The Morgan fingerprint density at radius 3 is 2.07 bits per heavy atom. The topological polar surface area (TPSA) is 63.2 Å². The van der Waals surface area contributed by atoms with Gasteiger partial charge in [-0.1, -0.05) is 23.4 Å². The summed E-state index contributed by atoms with van der Waals surface area (Å²) in [7, 11) is -3.40. The quantitative estimate of drug-likeness (QED) is 0.591. The number of halogens is 2. The van der Waals surface area contributed by atoms with Crippen molar-refractivity contribution in [3.8, 4) is 0 Å². The molecule has 0 radical (unpaired) electrons. The summed E-state index contributed by atoms with van der Waals surface area (Å²) >= 11 is 7.54. The Morgan fingerprint density at radius 2 is 1.54 bits per heavy atom. The van der Waals surface area contributed by atoms with Crippen LogP contribution >= 0.6 is 23.4 Å². The number of hydrogen-bond acceptors (Lipinski definition) is 4. The van der Waals surface area contributed by atoms with E-state index in [4.69, 9.17) is 11.6 Å². The normalized spacial score (nSPS) is 11.2. The highest BCUT2D eigenvalue weighted by molar-refractivity contribution is 7.99. The molecule has 0 saturated heterocycles. The average Bonchev–Trinajstić information content (AvgIpc) is 2.64. The Kier molecular flexibility index (Phi) is 6.07. The Hall–Kier alpha value is -2.35. The smallest absolute Gasteiger partial charge is 0.257 e. The highest BCUT2D eigenvalue weighted by atomic mass is 35.5. The lowest BCUT2D eigenvalue weighted by Crippen LogP contribution is -2.13. The second-order valence-electron chi connectivity index (χ2n) is 5.95. The van der Waals surface area contributed by atoms with Gasteiger partial charge in [0.05, 0.1) is 15.5 Å². The van der Waals surface area contributed by atoms with E-state index in [-0.39, 0.29) is 21.3 Å². The van der Waals surface area contributed by atoms with Crippen LogP contribution in [0.15, 0.2) is 81.4 Å². The van der Waals surface area contributed by atoms with Crippen LogP contribution in [0.25, 0.3) is 0 Å². The summed E-state index contributed by atoms with van der Waals surface area (Å²) in [5, 5.41) is 2.78. The molecule has 28 heavy (non-hydrogen) atoms. The van der Waals surface area contributed by atoms with Crippen LogP contribution in [0, 0.1) is 5.82 Å². The van der Waals surface area contributed by atoms with Gasteiger partial charge in [-0.15, -0.1) is 0 Å². The lowest BCUT2D eigenvalue weighted by Gasteiger charge is -2.09. The fourth-order valence-corrected chi connectivity index (χ4v) is 4.15. The largest absolute Gasteiger partial charge is 0.322 e. The van der Waals surface area contributed by atoms with E-state index in [1.165, 1.54) is 42.1 Å². The van der Waals surface area contributed by atoms with Crippen LogP contribution in [0.2, 0.25) is 5.02 Å².